The summed E-state index contributed by atoms with van der Waals surface area (Å²) < 4.78 is 5.06. The fourth-order valence-electron chi connectivity index (χ4n) is 4.36. The van der Waals surface area contributed by atoms with E-state index in [-0.39, 0.29) is 5.91 Å². The van der Waals surface area contributed by atoms with Crippen LogP contribution in [0.5, 0.6) is 0 Å². The third-order valence-corrected chi connectivity index (χ3v) is 7.01. The van der Waals surface area contributed by atoms with Crippen molar-refractivity contribution in [3.63, 3.8) is 0 Å². The quantitative estimate of drug-likeness (QED) is 0.262. The van der Waals surface area contributed by atoms with Crippen LogP contribution < -0.4 is 5.32 Å². The second-order valence-electron chi connectivity index (χ2n) is 8.56. The van der Waals surface area contributed by atoms with Crippen LogP contribution in [0, 0.1) is 13.8 Å². The van der Waals surface area contributed by atoms with E-state index in [1.165, 1.54) is 18.4 Å². The number of nitrogens with zero attached hydrogens (tertiary/aromatic N) is 1. The first-order chi connectivity index (χ1) is 17.5. The topological polar surface area (TPSA) is 68.3 Å². The van der Waals surface area contributed by atoms with Crippen LogP contribution in [0.2, 0.25) is 0 Å². The van der Waals surface area contributed by atoms with E-state index in [4.69, 9.17) is 9.72 Å². The minimum atomic E-state index is -0.499. The summed E-state index contributed by atoms with van der Waals surface area (Å²) in [6.07, 6.45) is 0. The molecule has 5 rings (SSSR count). The van der Waals surface area contributed by atoms with Crippen LogP contribution in [0.4, 0.5) is 5.00 Å². The number of aryl methyl sites for hydroxylation is 2. The molecule has 5 nitrogen and oxygen atoms in total. The van der Waals surface area contributed by atoms with Crippen LogP contribution in [0.25, 0.3) is 33.3 Å². The summed E-state index contributed by atoms with van der Waals surface area (Å²) in [5.41, 5.74) is 7.10. The van der Waals surface area contributed by atoms with Crippen LogP contribution >= 0.6 is 11.3 Å². The highest BCUT2D eigenvalue weighted by Gasteiger charge is 2.24. The first-order valence-electron chi connectivity index (χ1n) is 11.5. The second-order valence-corrected chi connectivity index (χ2v) is 9.44. The number of hydrogen-bond acceptors (Lipinski definition) is 5. The van der Waals surface area contributed by atoms with Gasteiger partial charge in [-0.25, -0.2) is 9.78 Å². The number of amides is 1. The predicted octanol–water partition coefficient (Wildman–Crippen LogP) is 7.29. The lowest BCUT2D eigenvalue weighted by Gasteiger charge is -2.13. The molecule has 0 aliphatic heterocycles. The largest absolute Gasteiger partial charge is 0.465 e. The number of para-hydroxylation sites is 1. The third kappa shape index (κ3) is 4.39. The average Bonchev–Trinajstić information content (AvgIpc) is 3.31. The Kier molecular flexibility index (Phi) is 6.36. The normalized spacial score (nSPS) is 10.9. The molecule has 0 radical (unpaired) electrons. The third-order valence-electron chi connectivity index (χ3n) is 6.11. The van der Waals surface area contributed by atoms with Gasteiger partial charge in [-0.05, 0) is 37.1 Å². The summed E-state index contributed by atoms with van der Waals surface area (Å²) in [4.78, 5) is 31.3. The molecule has 5 aromatic rings. The molecule has 2 aromatic heterocycles. The van der Waals surface area contributed by atoms with Gasteiger partial charge in [-0.15, -0.1) is 11.3 Å². The summed E-state index contributed by atoms with van der Waals surface area (Å²) in [5.74, 6) is -0.813. The van der Waals surface area contributed by atoms with E-state index in [1.54, 1.807) is 0 Å². The van der Waals surface area contributed by atoms with Crippen molar-refractivity contribution in [2.75, 3.05) is 12.4 Å². The van der Waals surface area contributed by atoms with Crippen molar-refractivity contribution in [2.45, 2.75) is 13.8 Å². The van der Waals surface area contributed by atoms with Crippen LogP contribution in [0.3, 0.4) is 0 Å². The van der Waals surface area contributed by atoms with Crippen LogP contribution in [0.15, 0.2) is 84.2 Å². The maximum absolute atomic E-state index is 13.7. The molecular formula is C30H24N2O3S. The molecule has 178 valence electrons. The summed E-state index contributed by atoms with van der Waals surface area (Å²) >= 11 is 1.30. The van der Waals surface area contributed by atoms with E-state index < -0.39 is 5.97 Å². The Balaban J connectivity index is 1.60. The van der Waals surface area contributed by atoms with E-state index in [1.807, 2.05) is 92.0 Å². The van der Waals surface area contributed by atoms with Gasteiger partial charge in [-0.3, -0.25) is 4.79 Å². The van der Waals surface area contributed by atoms with E-state index in [0.29, 0.717) is 16.1 Å². The van der Waals surface area contributed by atoms with Gasteiger partial charge in [0.15, 0.2) is 0 Å². The zero-order chi connectivity index (χ0) is 25.2. The molecule has 0 fully saturated rings. The molecule has 0 aliphatic carbocycles. The van der Waals surface area contributed by atoms with Gasteiger partial charge in [-0.1, -0.05) is 72.3 Å². The highest BCUT2D eigenvalue weighted by atomic mass is 32.1. The molecule has 1 amide bonds. The second kappa shape index (κ2) is 9.76. The number of aromatic nitrogens is 1. The number of carbonyl (C=O) groups excluding carboxylic acids is 2. The zero-order valence-corrected chi connectivity index (χ0v) is 21.0. The monoisotopic (exact) mass is 492 g/mol. The SMILES string of the molecule is COC(=O)c1c(-c2ccccc2)csc1NC(=O)c1cc(-c2ccc(C)cc2C)nc2ccccc12. The maximum Gasteiger partial charge on any atom is 0.341 e. The van der Waals surface area contributed by atoms with Crippen LogP contribution in [-0.2, 0) is 4.74 Å². The Bertz CT molecular complexity index is 1610. The molecule has 0 saturated heterocycles. The minimum Gasteiger partial charge on any atom is -0.465 e. The highest BCUT2D eigenvalue weighted by molar-refractivity contribution is 7.15. The van der Waals surface area contributed by atoms with E-state index in [0.717, 1.165) is 44.4 Å². The molecule has 0 spiro atoms. The Hall–Kier alpha value is -4.29. The van der Waals surface area contributed by atoms with Gasteiger partial charge in [0.25, 0.3) is 5.91 Å². The lowest BCUT2D eigenvalue weighted by molar-refractivity contribution is 0.0603. The van der Waals surface area contributed by atoms with Crippen molar-refractivity contribution in [1.82, 2.24) is 4.98 Å². The molecule has 0 bridgehead atoms. The van der Waals surface area contributed by atoms with E-state index in [9.17, 15) is 9.59 Å². The number of ether oxygens (including phenoxy) is 1. The number of carbonyl (C=O) groups is 2. The summed E-state index contributed by atoms with van der Waals surface area (Å²) in [6.45, 7) is 4.09. The molecule has 6 heteroatoms. The van der Waals surface area contributed by atoms with Crippen molar-refractivity contribution in [2.24, 2.45) is 0 Å². The summed E-state index contributed by atoms with van der Waals surface area (Å²) in [7, 11) is 1.34. The van der Waals surface area contributed by atoms with Crippen molar-refractivity contribution in [3.05, 3.63) is 106 Å². The van der Waals surface area contributed by atoms with Crippen molar-refractivity contribution >= 4 is 39.1 Å². The molecule has 0 saturated carbocycles. The molecular weight excluding hydrogens is 468 g/mol. The van der Waals surface area contributed by atoms with Gasteiger partial charge in [0, 0.05) is 21.9 Å². The Morgan fingerprint density at radius 3 is 2.39 bits per heavy atom. The zero-order valence-electron chi connectivity index (χ0n) is 20.2. The lowest BCUT2D eigenvalue weighted by atomic mass is 9.99. The number of hydrogen-bond donors (Lipinski definition) is 1. The smallest absolute Gasteiger partial charge is 0.341 e. The number of methoxy groups -OCH3 is 1. The number of nitrogens with one attached hydrogen (secondary N) is 1. The summed E-state index contributed by atoms with van der Waals surface area (Å²) in [5, 5.41) is 6.02. The first-order valence-corrected chi connectivity index (χ1v) is 12.4. The number of pyridine rings is 1. The minimum absolute atomic E-state index is 0.314. The van der Waals surface area contributed by atoms with Crippen molar-refractivity contribution < 1.29 is 14.3 Å². The Labute approximate surface area is 213 Å². The summed E-state index contributed by atoms with van der Waals surface area (Å²) in [6, 6.07) is 25.1. The lowest BCUT2D eigenvalue weighted by Crippen LogP contribution is -2.15. The van der Waals surface area contributed by atoms with Crippen LogP contribution in [0.1, 0.15) is 31.8 Å². The first kappa shape index (κ1) is 23.5. The van der Waals surface area contributed by atoms with Gasteiger partial charge in [-0.2, -0.15) is 0 Å². The average molecular weight is 493 g/mol. The van der Waals surface area contributed by atoms with Crippen LogP contribution in [-0.4, -0.2) is 24.0 Å². The highest BCUT2D eigenvalue weighted by Crippen LogP contribution is 2.37. The molecule has 0 unspecified atom stereocenters. The molecule has 3 aromatic carbocycles. The van der Waals surface area contributed by atoms with Crippen molar-refractivity contribution in [1.29, 1.82) is 0 Å². The number of rotatable bonds is 5. The standard InChI is InChI=1S/C30H24N2O3S/c1-18-13-14-21(19(2)15-18)26-16-23(22-11-7-8-12-25(22)31-26)28(33)32-29-27(30(34)35-3)24(17-36-29)20-9-5-4-6-10-20/h4-17H,1-3H3,(H,32,33). The predicted molar refractivity (Wildman–Crippen MR) is 146 cm³/mol. The fourth-order valence-corrected chi connectivity index (χ4v) is 5.31. The van der Waals surface area contributed by atoms with Crippen molar-refractivity contribution in [3.8, 4) is 22.4 Å². The molecule has 36 heavy (non-hydrogen) atoms. The number of esters is 1. The van der Waals surface area contributed by atoms with Gasteiger partial charge in [0.05, 0.1) is 23.9 Å². The number of fused-ring (bicyclic) bond motifs is 1. The van der Waals surface area contributed by atoms with Gasteiger partial charge >= 0.3 is 5.97 Å². The molecule has 0 atom stereocenters. The maximum atomic E-state index is 13.7. The molecule has 1 N–H and O–H groups in total. The number of anilines is 1. The molecule has 2 heterocycles. The molecule has 0 aliphatic rings. The fraction of sp³-hybridized carbons (Fsp3) is 0.100. The Morgan fingerprint density at radius 1 is 0.889 bits per heavy atom. The van der Waals surface area contributed by atoms with Gasteiger partial charge in [0.1, 0.15) is 10.6 Å². The van der Waals surface area contributed by atoms with Gasteiger partial charge < -0.3 is 10.1 Å². The van der Waals surface area contributed by atoms with E-state index >= 15 is 0 Å². The Morgan fingerprint density at radius 2 is 1.64 bits per heavy atom. The van der Waals surface area contributed by atoms with E-state index in [2.05, 4.69) is 11.4 Å². The number of thiophene rings is 1. The number of benzene rings is 3. The van der Waals surface area contributed by atoms with Gasteiger partial charge in [0.2, 0.25) is 0 Å².